The van der Waals surface area contributed by atoms with E-state index >= 15 is 0 Å². The van der Waals surface area contributed by atoms with Crippen molar-refractivity contribution in [2.75, 3.05) is 5.73 Å². The summed E-state index contributed by atoms with van der Waals surface area (Å²) in [5.41, 5.74) is 6.33. The molecule has 0 spiro atoms. The lowest BCUT2D eigenvalue weighted by Gasteiger charge is -2.09. The molecule has 0 amide bonds. The second-order valence-electron chi connectivity index (χ2n) is 4.23. The van der Waals surface area contributed by atoms with Crippen LogP contribution in [0, 0.1) is 0 Å². The van der Waals surface area contributed by atoms with Crippen LogP contribution < -0.4 is 10.5 Å². The van der Waals surface area contributed by atoms with Crippen LogP contribution in [0.15, 0.2) is 24.3 Å². The maximum absolute atomic E-state index is 10.9. The smallest absolute Gasteiger partial charge is 0.357 e. The Labute approximate surface area is 114 Å². The van der Waals surface area contributed by atoms with Gasteiger partial charge in [-0.25, -0.2) is 9.78 Å². The molecular weight excluding hydrogens is 264 g/mol. The summed E-state index contributed by atoms with van der Waals surface area (Å²) in [6.45, 7) is 3.88. The van der Waals surface area contributed by atoms with E-state index in [4.69, 9.17) is 15.6 Å². The van der Waals surface area contributed by atoms with Crippen molar-refractivity contribution >= 4 is 22.3 Å². The molecule has 0 aliphatic rings. The summed E-state index contributed by atoms with van der Waals surface area (Å²) < 4.78 is 5.59. The van der Waals surface area contributed by atoms with Crippen LogP contribution in [0.1, 0.15) is 24.3 Å². The van der Waals surface area contributed by atoms with E-state index in [1.807, 2.05) is 38.1 Å². The predicted molar refractivity (Wildman–Crippen MR) is 74.7 cm³/mol. The van der Waals surface area contributed by atoms with E-state index in [9.17, 15) is 4.79 Å². The fraction of sp³-hybridized carbons (Fsp3) is 0.231. The minimum Gasteiger partial charge on any atom is -0.491 e. The van der Waals surface area contributed by atoms with Gasteiger partial charge in [-0.1, -0.05) is 23.5 Å². The second kappa shape index (κ2) is 5.27. The summed E-state index contributed by atoms with van der Waals surface area (Å²) in [6.07, 6.45) is 0.0752. The van der Waals surface area contributed by atoms with E-state index in [0.29, 0.717) is 5.01 Å². The Bertz CT molecular complexity index is 608. The van der Waals surface area contributed by atoms with E-state index in [1.165, 1.54) is 0 Å². The van der Waals surface area contributed by atoms with Crippen LogP contribution in [0.25, 0.3) is 10.6 Å². The number of aromatic nitrogens is 1. The van der Waals surface area contributed by atoms with E-state index in [1.54, 1.807) is 0 Å². The molecule has 0 aliphatic heterocycles. The fourth-order valence-electron chi connectivity index (χ4n) is 1.58. The minimum atomic E-state index is -1.12. The van der Waals surface area contributed by atoms with Crippen LogP contribution in [-0.4, -0.2) is 22.2 Å². The molecule has 2 rings (SSSR count). The predicted octanol–water partition coefficient (Wildman–Crippen LogP) is 2.88. The van der Waals surface area contributed by atoms with Gasteiger partial charge in [0.05, 0.1) is 6.10 Å². The summed E-state index contributed by atoms with van der Waals surface area (Å²) in [4.78, 5) is 15.0. The molecular formula is C13H14N2O3S. The highest BCUT2D eigenvalue weighted by atomic mass is 32.1. The van der Waals surface area contributed by atoms with Crippen LogP contribution in [-0.2, 0) is 0 Å². The number of carboxylic acid groups (broad SMARTS) is 1. The highest BCUT2D eigenvalue weighted by Gasteiger charge is 2.16. The van der Waals surface area contributed by atoms with Gasteiger partial charge in [0.15, 0.2) is 5.69 Å². The normalized spacial score (nSPS) is 10.7. The molecule has 0 aliphatic carbocycles. The van der Waals surface area contributed by atoms with Crippen molar-refractivity contribution in [3.05, 3.63) is 30.0 Å². The molecule has 0 fully saturated rings. The molecule has 2 aromatic rings. The average molecular weight is 278 g/mol. The summed E-state index contributed by atoms with van der Waals surface area (Å²) in [7, 11) is 0. The zero-order chi connectivity index (χ0) is 14.0. The van der Waals surface area contributed by atoms with Crippen molar-refractivity contribution in [1.29, 1.82) is 0 Å². The van der Waals surface area contributed by atoms with Gasteiger partial charge in [0.2, 0.25) is 0 Å². The van der Waals surface area contributed by atoms with Gasteiger partial charge in [-0.15, -0.1) is 0 Å². The molecule has 6 heteroatoms. The molecule has 100 valence electrons. The average Bonchev–Trinajstić information content (AvgIpc) is 2.71. The molecule has 0 atom stereocenters. The summed E-state index contributed by atoms with van der Waals surface area (Å²) in [5, 5.41) is 9.72. The van der Waals surface area contributed by atoms with E-state index in [0.717, 1.165) is 22.6 Å². The number of nitrogens with two attached hydrogens (primary N) is 1. The Morgan fingerprint density at radius 2 is 2.21 bits per heavy atom. The molecule has 0 bridgehead atoms. The first-order valence-electron chi connectivity index (χ1n) is 5.74. The molecule has 3 N–H and O–H groups in total. The third kappa shape index (κ3) is 3.03. The van der Waals surface area contributed by atoms with E-state index in [2.05, 4.69) is 4.98 Å². The Balaban J connectivity index is 2.36. The quantitative estimate of drug-likeness (QED) is 0.898. The molecule has 0 unspecified atom stereocenters. The number of ether oxygens (including phenoxy) is 1. The first kappa shape index (κ1) is 13.4. The number of thiazole rings is 1. The number of benzene rings is 1. The number of nitrogens with zero attached hydrogens (tertiary/aromatic N) is 1. The Hall–Kier alpha value is -2.08. The number of nitrogen functional groups attached to an aromatic ring is 1. The standard InChI is InChI=1S/C13H14N2O3S/c1-7(2)18-9-5-3-4-8(6-9)12-15-10(13(16)17)11(14)19-12/h3-7H,14H2,1-2H3,(H,16,17). The zero-order valence-electron chi connectivity index (χ0n) is 10.6. The first-order valence-corrected chi connectivity index (χ1v) is 6.55. The fourth-order valence-corrected chi connectivity index (χ4v) is 2.40. The van der Waals surface area contributed by atoms with Gasteiger partial charge < -0.3 is 15.6 Å². The number of hydrogen-bond donors (Lipinski definition) is 2. The Morgan fingerprint density at radius 1 is 1.47 bits per heavy atom. The Kier molecular flexibility index (Phi) is 3.71. The number of rotatable bonds is 4. The van der Waals surface area contributed by atoms with E-state index < -0.39 is 5.97 Å². The van der Waals surface area contributed by atoms with Crippen LogP contribution >= 0.6 is 11.3 Å². The van der Waals surface area contributed by atoms with Crippen molar-refractivity contribution in [2.45, 2.75) is 20.0 Å². The van der Waals surface area contributed by atoms with E-state index in [-0.39, 0.29) is 16.8 Å². The maximum Gasteiger partial charge on any atom is 0.357 e. The van der Waals surface area contributed by atoms with Gasteiger partial charge in [-0.3, -0.25) is 0 Å². The number of carbonyl (C=O) groups is 1. The van der Waals surface area contributed by atoms with Gasteiger partial charge >= 0.3 is 5.97 Å². The van der Waals surface area contributed by atoms with Gasteiger partial charge in [-0.2, -0.15) is 0 Å². The maximum atomic E-state index is 10.9. The van der Waals surface area contributed by atoms with Crippen molar-refractivity contribution in [2.24, 2.45) is 0 Å². The molecule has 1 aromatic carbocycles. The summed E-state index contributed by atoms with van der Waals surface area (Å²) >= 11 is 1.15. The lowest BCUT2D eigenvalue weighted by Crippen LogP contribution is -2.05. The van der Waals surface area contributed by atoms with Gasteiger partial charge in [-0.05, 0) is 26.0 Å². The van der Waals surface area contributed by atoms with Crippen molar-refractivity contribution in [1.82, 2.24) is 4.98 Å². The Morgan fingerprint density at radius 3 is 2.79 bits per heavy atom. The molecule has 19 heavy (non-hydrogen) atoms. The van der Waals surface area contributed by atoms with Gasteiger partial charge in [0.1, 0.15) is 15.8 Å². The number of anilines is 1. The van der Waals surface area contributed by atoms with Crippen LogP contribution in [0.2, 0.25) is 0 Å². The van der Waals surface area contributed by atoms with Crippen molar-refractivity contribution in [3.8, 4) is 16.3 Å². The lowest BCUT2D eigenvalue weighted by molar-refractivity contribution is 0.0692. The molecule has 5 nitrogen and oxygen atoms in total. The minimum absolute atomic E-state index is 0.0752. The third-order valence-electron chi connectivity index (χ3n) is 2.31. The highest BCUT2D eigenvalue weighted by molar-refractivity contribution is 7.19. The lowest BCUT2D eigenvalue weighted by atomic mass is 10.2. The third-order valence-corrected chi connectivity index (χ3v) is 3.24. The van der Waals surface area contributed by atoms with Crippen LogP contribution in [0.3, 0.4) is 0 Å². The van der Waals surface area contributed by atoms with Crippen molar-refractivity contribution in [3.63, 3.8) is 0 Å². The number of carboxylic acids is 1. The molecule has 1 heterocycles. The molecule has 0 radical (unpaired) electrons. The van der Waals surface area contributed by atoms with Gasteiger partial charge in [0.25, 0.3) is 0 Å². The largest absolute Gasteiger partial charge is 0.491 e. The molecule has 0 saturated carbocycles. The van der Waals surface area contributed by atoms with Crippen LogP contribution in [0.4, 0.5) is 5.00 Å². The van der Waals surface area contributed by atoms with Crippen LogP contribution in [0.5, 0.6) is 5.75 Å². The summed E-state index contributed by atoms with van der Waals surface area (Å²) in [6, 6.07) is 7.35. The second-order valence-corrected chi connectivity index (χ2v) is 5.26. The molecule has 0 saturated heterocycles. The zero-order valence-corrected chi connectivity index (χ0v) is 11.4. The number of aromatic carboxylic acids is 1. The summed E-state index contributed by atoms with van der Waals surface area (Å²) in [5.74, 6) is -0.396. The highest BCUT2D eigenvalue weighted by Crippen LogP contribution is 2.31. The first-order chi connectivity index (χ1) is 8.97. The molecule has 1 aromatic heterocycles. The van der Waals surface area contributed by atoms with Gasteiger partial charge in [0, 0.05) is 5.56 Å². The van der Waals surface area contributed by atoms with Crippen molar-refractivity contribution < 1.29 is 14.6 Å². The topological polar surface area (TPSA) is 85.4 Å². The SMILES string of the molecule is CC(C)Oc1cccc(-c2nc(C(=O)O)c(N)s2)c1. The monoisotopic (exact) mass is 278 g/mol. The number of hydrogen-bond acceptors (Lipinski definition) is 5.